The van der Waals surface area contributed by atoms with Gasteiger partial charge in [-0.3, -0.25) is 0 Å². The maximum Gasteiger partial charge on any atom is 0.160 e. The van der Waals surface area contributed by atoms with Gasteiger partial charge in [0.15, 0.2) is 11.5 Å². The molecule has 0 bridgehead atoms. The van der Waals surface area contributed by atoms with Crippen LogP contribution >= 0.6 is 22.9 Å². The number of rotatable bonds is 2. The molecule has 1 aliphatic rings. The van der Waals surface area contributed by atoms with Gasteiger partial charge in [0, 0.05) is 12.8 Å². The molecule has 1 saturated heterocycles. The van der Waals surface area contributed by atoms with E-state index in [0.717, 1.165) is 45.7 Å². The molecule has 3 aromatic heterocycles. The van der Waals surface area contributed by atoms with Gasteiger partial charge >= 0.3 is 0 Å². The quantitative estimate of drug-likeness (QED) is 0.712. The third-order valence-corrected chi connectivity index (χ3v) is 4.97. The summed E-state index contributed by atoms with van der Waals surface area (Å²) in [5.41, 5.74) is 1.84. The van der Waals surface area contributed by atoms with Crippen molar-refractivity contribution in [2.45, 2.75) is 18.9 Å². The van der Waals surface area contributed by atoms with Gasteiger partial charge in [-0.2, -0.15) is 0 Å². The van der Waals surface area contributed by atoms with Crippen molar-refractivity contribution in [3.8, 4) is 10.7 Å². The molecule has 4 heterocycles. The Morgan fingerprint density at radius 1 is 1.33 bits per heavy atom. The zero-order valence-electron chi connectivity index (χ0n) is 11.3. The van der Waals surface area contributed by atoms with Gasteiger partial charge in [-0.25, -0.2) is 9.97 Å². The topological polar surface area (TPSA) is 39.9 Å². The van der Waals surface area contributed by atoms with E-state index in [9.17, 15) is 0 Å². The number of halogens is 1. The molecule has 4 nitrogen and oxygen atoms in total. The summed E-state index contributed by atoms with van der Waals surface area (Å²) in [6.45, 7) is 1.56. The Labute approximate surface area is 131 Å². The van der Waals surface area contributed by atoms with Gasteiger partial charge in [0.2, 0.25) is 0 Å². The van der Waals surface area contributed by atoms with E-state index in [1.807, 2.05) is 30.5 Å². The second kappa shape index (κ2) is 5.40. The Kier molecular flexibility index (Phi) is 3.41. The summed E-state index contributed by atoms with van der Waals surface area (Å²) in [7, 11) is 0. The van der Waals surface area contributed by atoms with Crippen molar-refractivity contribution in [3.63, 3.8) is 0 Å². The molecule has 0 spiro atoms. The van der Waals surface area contributed by atoms with Crippen molar-refractivity contribution >= 4 is 34.1 Å². The second-order valence-electron chi connectivity index (χ2n) is 5.13. The molecule has 108 valence electrons. The molecule has 6 heteroatoms. The highest BCUT2D eigenvalue weighted by Gasteiger charge is 2.23. The predicted octanol–water partition coefficient (Wildman–Crippen LogP) is 4.16. The number of fused-ring (bicyclic) bond motifs is 1. The first-order chi connectivity index (χ1) is 10.3. The van der Waals surface area contributed by atoms with Crippen LogP contribution in [0.5, 0.6) is 0 Å². The molecule has 4 rings (SSSR count). The van der Waals surface area contributed by atoms with Crippen LogP contribution in [0.2, 0.25) is 4.34 Å². The Bertz CT molecular complexity index is 776. The van der Waals surface area contributed by atoms with E-state index in [4.69, 9.17) is 21.3 Å². The highest BCUT2D eigenvalue weighted by atomic mass is 35.5. The van der Waals surface area contributed by atoms with Crippen LogP contribution in [0.25, 0.3) is 21.9 Å². The van der Waals surface area contributed by atoms with Crippen molar-refractivity contribution in [2.24, 2.45) is 0 Å². The van der Waals surface area contributed by atoms with Crippen LogP contribution in [0.4, 0.5) is 0 Å². The number of hydrogen-bond acceptors (Lipinski definition) is 4. The number of imidazole rings is 1. The monoisotopic (exact) mass is 319 g/mol. The summed E-state index contributed by atoms with van der Waals surface area (Å²) in [6.07, 6.45) is 3.98. The largest absolute Gasteiger partial charge is 0.379 e. The highest BCUT2D eigenvalue weighted by molar-refractivity contribution is 7.19. The molecule has 1 aliphatic heterocycles. The Hall–Kier alpha value is -1.43. The van der Waals surface area contributed by atoms with E-state index in [1.54, 1.807) is 11.3 Å². The van der Waals surface area contributed by atoms with E-state index in [0.29, 0.717) is 6.61 Å². The molecule has 0 aliphatic carbocycles. The van der Waals surface area contributed by atoms with Crippen LogP contribution in [-0.2, 0) is 4.74 Å². The lowest BCUT2D eigenvalue weighted by molar-refractivity contribution is 0.0608. The zero-order chi connectivity index (χ0) is 14.2. The molecule has 21 heavy (non-hydrogen) atoms. The summed E-state index contributed by atoms with van der Waals surface area (Å²) in [5.74, 6) is 0.941. The van der Waals surface area contributed by atoms with Gasteiger partial charge < -0.3 is 9.30 Å². The summed E-state index contributed by atoms with van der Waals surface area (Å²) in [4.78, 5) is 10.4. The number of aromatic nitrogens is 3. The van der Waals surface area contributed by atoms with Gasteiger partial charge in [0.05, 0.1) is 21.9 Å². The molecule has 1 atom stereocenters. The van der Waals surface area contributed by atoms with Crippen LogP contribution in [0.3, 0.4) is 0 Å². The lowest BCUT2D eigenvalue weighted by atomic mass is 10.1. The first kappa shape index (κ1) is 13.2. The van der Waals surface area contributed by atoms with Crippen LogP contribution in [0.1, 0.15) is 18.9 Å². The number of ether oxygens (including phenoxy) is 1. The lowest BCUT2D eigenvalue weighted by Gasteiger charge is -2.25. The SMILES string of the molecule is Clc1ccc(-c2nc3cccnc3n2C2CCCOC2)s1. The summed E-state index contributed by atoms with van der Waals surface area (Å²) >= 11 is 7.64. The normalized spacial score (nSPS) is 19.2. The van der Waals surface area contributed by atoms with Crippen LogP contribution < -0.4 is 0 Å². The number of thiophene rings is 1. The van der Waals surface area contributed by atoms with Crippen molar-refractivity contribution in [1.82, 2.24) is 14.5 Å². The van der Waals surface area contributed by atoms with E-state index < -0.39 is 0 Å². The van der Waals surface area contributed by atoms with Crippen LogP contribution in [0, 0.1) is 0 Å². The minimum atomic E-state index is 0.287. The average molecular weight is 320 g/mol. The van der Waals surface area contributed by atoms with Gasteiger partial charge in [-0.15, -0.1) is 11.3 Å². The van der Waals surface area contributed by atoms with Crippen molar-refractivity contribution in [3.05, 3.63) is 34.8 Å². The molecular weight excluding hydrogens is 306 g/mol. The lowest BCUT2D eigenvalue weighted by Crippen LogP contribution is -2.22. The van der Waals surface area contributed by atoms with E-state index in [2.05, 4.69) is 9.55 Å². The van der Waals surface area contributed by atoms with Crippen LogP contribution in [-0.4, -0.2) is 27.7 Å². The predicted molar refractivity (Wildman–Crippen MR) is 84.9 cm³/mol. The van der Waals surface area contributed by atoms with Crippen molar-refractivity contribution in [1.29, 1.82) is 0 Å². The van der Waals surface area contributed by atoms with E-state index in [-0.39, 0.29) is 6.04 Å². The second-order valence-corrected chi connectivity index (χ2v) is 6.84. The molecular formula is C15H14ClN3OS. The first-order valence-electron chi connectivity index (χ1n) is 6.99. The summed E-state index contributed by atoms with van der Waals surface area (Å²) < 4.78 is 8.65. The Morgan fingerprint density at radius 2 is 2.29 bits per heavy atom. The Morgan fingerprint density at radius 3 is 3.05 bits per heavy atom. The van der Waals surface area contributed by atoms with Crippen molar-refractivity contribution < 1.29 is 4.74 Å². The minimum Gasteiger partial charge on any atom is -0.379 e. The molecule has 0 aromatic carbocycles. The fraction of sp³-hybridized carbons (Fsp3) is 0.333. The number of pyridine rings is 1. The van der Waals surface area contributed by atoms with Gasteiger partial charge in [-0.05, 0) is 37.1 Å². The third-order valence-electron chi connectivity index (χ3n) is 3.74. The summed E-state index contributed by atoms with van der Waals surface area (Å²) in [6, 6.07) is 8.14. The number of nitrogens with zero attached hydrogens (tertiary/aromatic N) is 3. The minimum absolute atomic E-state index is 0.287. The molecule has 0 saturated carbocycles. The highest BCUT2D eigenvalue weighted by Crippen LogP contribution is 2.35. The number of hydrogen-bond donors (Lipinski definition) is 0. The maximum absolute atomic E-state index is 6.09. The summed E-state index contributed by atoms with van der Waals surface area (Å²) in [5, 5.41) is 0. The molecule has 0 N–H and O–H groups in total. The van der Waals surface area contributed by atoms with Crippen molar-refractivity contribution in [2.75, 3.05) is 13.2 Å². The molecule has 1 fully saturated rings. The van der Waals surface area contributed by atoms with Gasteiger partial charge in [-0.1, -0.05) is 11.6 Å². The van der Waals surface area contributed by atoms with Gasteiger partial charge in [0.1, 0.15) is 5.52 Å². The molecule has 3 aromatic rings. The Balaban J connectivity index is 1.92. The molecule has 0 amide bonds. The first-order valence-corrected chi connectivity index (χ1v) is 8.19. The molecule has 1 unspecified atom stereocenters. The van der Waals surface area contributed by atoms with E-state index in [1.165, 1.54) is 0 Å². The fourth-order valence-corrected chi connectivity index (χ4v) is 3.84. The van der Waals surface area contributed by atoms with Crippen LogP contribution in [0.15, 0.2) is 30.5 Å². The standard InChI is InChI=1S/C15H14ClN3OS/c16-13-6-5-12(21-13)15-18-11-4-1-7-17-14(11)19(15)10-3-2-8-20-9-10/h1,4-7,10H,2-3,8-9H2. The maximum atomic E-state index is 6.09. The van der Waals surface area contributed by atoms with Gasteiger partial charge in [0.25, 0.3) is 0 Å². The fourth-order valence-electron chi connectivity index (χ4n) is 2.81. The average Bonchev–Trinajstić information content (AvgIpc) is 3.11. The molecule has 0 radical (unpaired) electrons. The zero-order valence-corrected chi connectivity index (χ0v) is 12.9. The third kappa shape index (κ3) is 2.35. The van der Waals surface area contributed by atoms with E-state index >= 15 is 0 Å². The smallest absolute Gasteiger partial charge is 0.160 e.